The van der Waals surface area contributed by atoms with Crippen LogP contribution in [0.5, 0.6) is 0 Å². The molecule has 16 rings (SSSR count). The number of aromatic nitrogens is 12. The molecule has 4 aliphatic heterocycles. The number of Topliss-reactive ketones (excluding diaryl/α,β-unsaturated/α-hetero) is 3. The number of rotatable bonds is 15. The maximum Gasteiger partial charge on any atom is 0.490 e. The van der Waals surface area contributed by atoms with Crippen molar-refractivity contribution in [2.75, 3.05) is 60.4 Å². The smallest absolute Gasteiger partial charge is 0.400 e. The number of carbonyl (C=O) groups excluding carboxylic acids is 3. The first-order chi connectivity index (χ1) is 51.0. The van der Waals surface area contributed by atoms with Crippen molar-refractivity contribution in [3.05, 3.63) is 252 Å². The van der Waals surface area contributed by atoms with Gasteiger partial charge < -0.3 is 24.0 Å². The minimum absolute atomic E-state index is 0. The van der Waals surface area contributed by atoms with E-state index in [4.69, 9.17) is 9.31 Å². The van der Waals surface area contributed by atoms with E-state index < -0.39 is 0 Å². The maximum absolute atomic E-state index is 13.0. The number of likely N-dealkylation sites (tertiary alicyclic amines) is 1. The van der Waals surface area contributed by atoms with Gasteiger partial charge in [-0.15, -0.1) is 0 Å². The van der Waals surface area contributed by atoms with Gasteiger partial charge in [0.15, 0.2) is 17.3 Å². The monoisotopic (exact) mass is 1430 g/mol. The molecule has 0 spiro atoms. The van der Waals surface area contributed by atoms with E-state index >= 15 is 0 Å². The van der Waals surface area contributed by atoms with Crippen molar-refractivity contribution in [1.82, 2.24) is 73.9 Å². The number of carbonyl (C=O) groups is 3. The van der Waals surface area contributed by atoms with Crippen LogP contribution in [0, 0.1) is 6.92 Å². The number of aryl methyl sites for hydroxylation is 4. The predicted octanol–water partition coefficient (Wildman–Crippen LogP) is 14.7. The number of pyridine rings is 6. The average Bonchev–Trinajstić information content (AvgIpc) is 1.63. The molecule has 20 nitrogen and oxygen atoms in total. The fourth-order valence-corrected chi connectivity index (χ4v) is 13.5. The van der Waals surface area contributed by atoms with Crippen molar-refractivity contribution in [2.24, 2.45) is 21.1 Å². The number of nitrogens with zero attached hydrogens (tertiary/aromatic N) is 15. The standard InChI is InChI=1S/C26H27N5O.C26H25N5O.C21H18N4O.C12H22BNO2.CH4/c2*1-30-9-6-18(7-10-30)25-13-20(5-8-27-25)26(32)14-24-12-22-11-19(3-4-21(22)15-28-24)23-16-29-31(2)17-23;1-14-7-16(5-6-22-14)21(26)10-20-9-18-8-15(3-4-17(18)11-23-20)19-12-24-25(2)13-19;1-11(2)12(3,4)16-13(15-11)10-6-8-14(5)9-7-10;/h3-5,8,11-13,15-18H,6-7,9-10,14H2,1-2H3;3-6,8,11-13,15-17H,7,9-10,14H2,1-2H3;3-9,11-13H,10H2,1-2H3;6H,7-9H2,1-5H3;1H4. The van der Waals surface area contributed by atoms with Gasteiger partial charge in [-0.2, -0.15) is 15.3 Å². The van der Waals surface area contributed by atoms with Crippen LogP contribution in [0.25, 0.3) is 71.3 Å². The normalized spacial score (nSPS) is 16.0. The quantitative estimate of drug-likeness (QED) is 0.0690. The zero-order valence-corrected chi connectivity index (χ0v) is 62.6. The molecule has 0 saturated carbocycles. The van der Waals surface area contributed by atoms with Gasteiger partial charge in [0.05, 0.1) is 54.7 Å². The van der Waals surface area contributed by atoms with Crippen LogP contribution < -0.4 is 0 Å². The second-order valence-electron chi connectivity index (χ2n) is 29.5. The van der Waals surface area contributed by atoms with Crippen molar-refractivity contribution in [2.45, 2.75) is 104 Å². The molecule has 12 aromatic rings. The van der Waals surface area contributed by atoms with E-state index in [9.17, 15) is 14.4 Å². The number of benzene rings is 3. The van der Waals surface area contributed by atoms with E-state index in [1.807, 2.05) is 132 Å². The van der Waals surface area contributed by atoms with Gasteiger partial charge in [-0.05, 0) is 211 Å². The Hall–Kier alpha value is -10.7. The molecule has 0 atom stereocenters. The van der Waals surface area contributed by atoms with Crippen molar-refractivity contribution >= 4 is 62.4 Å². The summed E-state index contributed by atoms with van der Waals surface area (Å²) in [5, 5.41) is 19.1. The Morgan fingerprint density at radius 1 is 0.439 bits per heavy atom. The number of ketones is 3. The molecule has 9 aromatic heterocycles. The molecule has 13 heterocycles. The lowest BCUT2D eigenvalue weighted by atomic mass is 9.75. The number of fused-ring (bicyclic) bond motifs is 3. The summed E-state index contributed by atoms with van der Waals surface area (Å²) in [6.07, 6.45) is 31.7. The fourth-order valence-electron chi connectivity index (χ4n) is 13.5. The minimum Gasteiger partial charge on any atom is -0.400 e. The van der Waals surface area contributed by atoms with Crippen molar-refractivity contribution < 1.29 is 23.7 Å². The molecular weight excluding hydrogens is 1330 g/mol. The molecule has 2 saturated heterocycles. The average molecular weight is 1430 g/mol. The summed E-state index contributed by atoms with van der Waals surface area (Å²) in [7, 11) is 12.0. The number of hydrogen-bond donors (Lipinski definition) is 0. The molecule has 0 bridgehead atoms. The Morgan fingerprint density at radius 2 is 0.860 bits per heavy atom. The van der Waals surface area contributed by atoms with Gasteiger partial charge in [-0.1, -0.05) is 56.0 Å². The third-order valence-electron chi connectivity index (χ3n) is 20.8. The van der Waals surface area contributed by atoms with Gasteiger partial charge in [-0.3, -0.25) is 58.3 Å². The van der Waals surface area contributed by atoms with E-state index in [-0.39, 0.29) is 62.4 Å². The zero-order valence-electron chi connectivity index (χ0n) is 62.6. The van der Waals surface area contributed by atoms with E-state index in [1.165, 1.54) is 11.0 Å². The Kier molecular flexibility index (Phi) is 23.7. The van der Waals surface area contributed by atoms with Gasteiger partial charge in [0, 0.05) is 187 Å². The summed E-state index contributed by atoms with van der Waals surface area (Å²) in [4.78, 5) is 72.2. The number of likely N-dealkylation sites (N-methyl/N-ethyl adjacent to an activating group) is 2. The molecule has 0 N–H and O–H groups in total. The highest BCUT2D eigenvalue weighted by atomic mass is 16.7. The van der Waals surface area contributed by atoms with Gasteiger partial charge in [0.1, 0.15) is 0 Å². The second kappa shape index (κ2) is 33.4. The van der Waals surface area contributed by atoms with Gasteiger partial charge in [0.25, 0.3) is 0 Å². The molecule has 0 unspecified atom stereocenters. The summed E-state index contributed by atoms with van der Waals surface area (Å²) in [6.45, 7) is 16.4. The van der Waals surface area contributed by atoms with Gasteiger partial charge in [-0.25, -0.2) is 0 Å². The van der Waals surface area contributed by atoms with Crippen LogP contribution in [-0.2, 0) is 49.7 Å². The molecule has 21 heteroatoms. The molecule has 0 amide bonds. The van der Waals surface area contributed by atoms with E-state index in [1.54, 1.807) is 44.8 Å². The SMILES string of the molecule is C.CN1CC=C(B2OC(C)(C)C(C)(C)O2)CC1.CN1CC=C(c2cc(C(=O)Cc3cc4cc(-c5cnn(C)c5)ccc4cn3)ccn2)CC1.CN1CCC(c2cc(C(=O)Cc3cc4cc(-c5cnn(C)c5)ccc4cn3)ccn2)CC1.Cc1cc(C(=O)Cc2cc3cc(-c4cnn(C)c4)ccc3cn2)ccn1. The summed E-state index contributed by atoms with van der Waals surface area (Å²) in [5.41, 5.74) is 15.7. The molecule has 107 heavy (non-hydrogen) atoms. The zero-order chi connectivity index (χ0) is 74.2. The lowest BCUT2D eigenvalue weighted by Gasteiger charge is -2.32. The Bertz CT molecular complexity index is 5240. The van der Waals surface area contributed by atoms with Crippen LogP contribution in [0.3, 0.4) is 0 Å². The van der Waals surface area contributed by atoms with E-state index in [2.05, 4.69) is 169 Å². The molecule has 0 radical (unpaired) electrons. The topological polar surface area (TPSA) is 210 Å². The molecule has 4 aliphatic rings. The molecular formula is C86H96BN15O5. The highest BCUT2D eigenvalue weighted by Gasteiger charge is 2.52. The molecule has 2 fully saturated rings. The van der Waals surface area contributed by atoms with Crippen LogP contribution in [-0.4, -0.2) is 170 Å². The van der Waals surface area contributed by atoms with Gasteiger partial charge >= 0.3 is 7.12 Å². The number of piperidine rings is 1. The third-order valence-corrected chi connectivity index (χ3v) is 20.8. The highest BCUT2D eigenvalue weighted by molar-refractivity contribution is 6.54. The first-order valence-corrected chi connectivity index (χ1v) is 36.4. The summed E-state index contributed by atoms with van der Waals surface area (Å²) in [5.74, 6) is 0.615. The molecule has 548 valence electrons. The van der Waals surface area contributed by atoms with Crippen LogP contribution in [0.2, 0.25) is 0 Å². The Morgan fingerprint density at radius 3 is 1.27 bits per heavy atom. The maximum atomic E-state index is 13.0. The molecule has 3 aromatic carbocycles. The van der Waals surface area contributed by atoms with Crippen molar-refractivity contribution in [3.63, 3.8) is 0 Å². The lowest BCUT2D eigenvalue weighted by molar-refractivity contribution is 0.00578. The minimum atomic E-state index is -0.220. The fraction of sp³-hybridized carbons (Fsp3) is 0.326. The van der Waals surface area contributed by atoms with Crippen molar-refractivity contribution in [3.8, 4) is 33.4 Å². The largest absolute Gasteiger partial charge is 0.490 e. The van der Waals surface area contributed by atoms with Crippen LogP contribution in [0.1, 0.15) is 132 Å². The predicted molar refractivity (Wildman–Crippen MR) is 426 cm³/mol. The van der Waals surface area contributed by atoms with E-state index in [0.717, 1.165) is 170 Å². The van der Waals surface area contributed by atoms with Crippen LogP contribution >= 0.6 is 0 Å². The van der Waals surface area contributed by atoms with Crippen LogP contribution in [0.4, 0.5) is 0 Å². The van der Waals surface area contributed by atoms with E-state index in [0.29, 0.717) is 17.0 Å². The first kappa shape index (κ1) is 76.0. The molecule has 0 aliphatic carbocycles. The third kappa shape index (κ3) is 18.9. The second-order valence-corrected chi connectivity index (χ2v) is 29.5. The summed E-state index contributed by atoms with van der Waals surface area (Å²) >= 11 is 0. The summed E-state index contributed by atoms with van der Waals surface area (Å²) < 4.78 is 17.4. The Balaban J connectivity index is 0.000000137. The number of hydrogen-bond acceptors (Lipinski definition) is 17. The Labute approximate surface area is 627 Å². The van der Waals surface area contributed by atoms with Gasteiger partial charge in [0.2, 0.25) is 0 Å². The first-order valence-electron chi connectivity index (χ1n) is 36.4. The van der Waals surface area contributed by atoms with Crippen molar-refractivity contribution in [1.29, 1.82) is 0 Å². The lowest BCUT2D eigenvalue weighted by Crippen LogP contribution is -2.41. The highest BCUT2D eigenvalue weighted by Crippen LogP contribution is 2.40. The summed E-state index contributed by atoms with van der Waals surface area (Å²) in [6, 6.07) is 35.8. The van der Waals surface area contributed by atoms with Crippen LogP contribution in [0.15, 0.2) is 201 Å².